The van der Waals surface area contributed by atoms with Crippen LogP contribution < -0.4 is 10.6 Å². The van der Waals surface area contributed by atoms with E-state index in [1.807, 2.05) is 21.1 Å². The molecule has 36 heavy (non-hydrogen) atoms. The van der Waals surface area contributed by atoms with Crippen LogP contribution in [0.1, 0.15) is 122 Å². The molecule has 8 heteroatoms. The fourth-order valence-corrected chi connectivity index (χ4v) is 4.98. The number of nitrogens with two attached hydrogens (primary N) is 1. The van der Waals surface area contributed by atoms with Gasteiger partial charge < -0.3 is 28.9 Å². The van der Waals surface area contributed by atoms with Crippen molar-refractivity contribution in [1.82, 2.24) is 0 Å². The van der Waals surface area contributed by atoms with E-state index in [0.29, 0.717) is 17.6 Å². The van der Waals surface area contributed by atoms with Crippen molar-refractivity contribution in [2.75, 3.05) is 54.1 Å². The summed E-state index contributed by atoms with van der Waals surface area (Å²) >= 11 is 0. The van der Waals surface area contributed by atoms with E-state index in [-0.39, 0.29) is 19.8 Å². The van der Waals surface area contributed by atoms with Crippen LogP contribution >= 0.6 is 7.82 Å². The molecule has 0 aromatic heterocycles. The molecule has 0 bridgehead atoms. The molecule has 0 aliphatic carbocycles. The Bertz CT molecular complexity index is 517. The van der Waals surface area contributed by atoms with E-state index in [2.05, 4.69) is 6.92 Å². The Balaban J connectivity index is 3.45. The molecule has 0 spiro atoms. The Morgan fingerprint density at radius 2 is 1.14 bits per heavy atom. The smallest absolute Gasteiger partial charge is 0.268 e. The Morgan fingerprint density at radius 3 is 1.53 bits per heavy atom. The van der Waals surface area contributed by atoms with Gasteiger partial charge in [0.05, 0.1) is 27.7 Å². The van der Waals surface area contributed by atoms with E-state index in [1.165, 1.54) is 103 Å². The first-order valence-corrected chi connectivity index (χ1v) is 16.4. The van der Waals surface area contributed by atoms with Crippen LogP contribution in [-0.2, 0) is 18.3 Å². The van der Waals surface area contributed by atoms with Gasteiger partial charge in [-0.3, -0.25) is 4.57 Å². The Labute approximate surface area is 224 Å². The summed E-state index contributed by atoms with van der Waals surface area (Å²) in [6.07, 6.45) is 23.6. The molecule has 0 radical (unpaired) electrons. The highest BCUT2D eigenvalue weighted by Gasteiger charge is 2.19. The van der Waals surface area contributed by atoms with E-state index in [4.69, 9.17) is 19.5 Å². The average molecular weight is 537 g/mol. The zero-order chi connectivity index (χ0) is 27.0. The number of phosphoric ester groups is 1. The third-order valence-electron chi connectivity index (χ3n) is 6.50. The lowest BCUT2D eigenvalue weighted by Gasteiger charge is -2.29. The van der Waals surface area contributed by atoms with Gasteiger partial charge >= 0.3 is 0 Å². The van der Waals surface area contributed by atoms with Crippen molar-refractivity contribution in [3.63, 3.8) is 0 Å². The van der Waals surface area contributed by atoms with Gasteiger partial charge in [0.15, 0.2) is 0 Å². The quantitative estimate of drug-likeness (QED) is 0.0690. The molecule has 0 saturated heterocycles. The van der Waals surface area contributed by atoms with Gasteiger partial charge in [-0.2, -0.15) is 0 Å². The maximum atomic E-state index is 12.0. The number of rotatable bonds is 28. The maximum absolute atomic E-state index is 12.0. The minimum Gasteiger partial charge on any atom is -0.756 e. The van der Waals surface area contributed by atoms with Crippen molar-refractivity contribution < 1.29 is 27.7 Å². The summed E-state index contributed by atoms with van der Waals surface area (Å²) < 4.78 is 28.2. The van der Waals surface area contributed by atoms with Gasteiger partial charge in [-0.1, -0.05) is 116 Å². The predicted octanol–water partition coefficient (Wildman–Crippen LogP) is 6.58. The molecule has 0 heterocycles. The maximum Gasteiger partial charge on any atom is 0.268 e. The Hall–Kier alpha value is -0.0100. The van der Waals surface area contributed by atoms with Crippen LogP contribution in [0.15, 0.2) is 0 Å². The largest absolute Gasteiger partial charge is 0.756 e. The number of unbranched alkanes of at least 4 members (excludes halogenated alkanes) is 17. The van der Waals surface area contributed by atoms with Gasteiger partial charge in [-0.25, -0.2) is 0 Å². The standard InChI is InChI=1S/C28H61N2O5P/c1-5-6-7-8-9-10-11-12-13-14-15-16-17-18-19-20-21-22-24-33-27-28(26-29)35-36(31,32)34-25-23-30(2,3)4/h28H,5-27,29H2,1-4H3. The molecule has 0 aromatic rings. The van der Waals surface area contributed by atoms with Gasteiger partial charge in [0, 0.05) is 13.2 Å². The molecule has 0 aliphatic heterocycles. The number of phosphoric acid groups is 1. The lowest BCUT2D eigenvalue weighted by Crippen LogP contribution is -2.38. The van der Waals surface area contributed by atoms with Crippen LogP contribution in [0.2, 0.25) is 0 Å². The van der Waals surface area contributed by atoms with Crippen molar-refractivity contribution in [2.24, 2.45) is 5.73 Å². The summed E-state index contributed by atoms with van der Waals surface area (Å²) in [5.41, 5.74) is 5.64. The molecule has 2 unspecified atom stereocenters. The van der Waals surface area contributed by atoms with Crippen molar-refractivity contribution in [3.8, 4) is 0 Å². The molecular weight excluding hydrogens is 475 g/mol. The molecule has 7 nitrogen and oxygen atoms in total. The molecule has 218 valence electrons. The Morgan fingerprint density at radius 1 is 0.722 bits per heavy atom. The molecule has 0 rings (SSSR count). The van der Waals surface area contributed by atoms with Crippen LogP contribution in [0.5, 0.6) is 0 Å². The van der Waals surface area contributed by atoms with Crippen molar-refractivity contribution in [3.05, 3.63) is 0 Å². The molecule has 0 aromatic carbocycles. The SMILES string of the molecule is CCCCCCCCCCCCCCCCCCCCOCC(CN)OP(=O)([O-])OCC[N+](C)(C)C. The minimum absolute atomic E-state index is 0.0735. The summed E-state index contributed by atoms with van der Waals surface area (Å²) in [5.74, 6) is 0. The highest BCUT2D eigenvalue weighted by molar-refractivity contribution is 7.45. The molecule has 2 N–H and O–H groups in total. The Kier molecular flexibility index (Phi) is 24.1. The number of likely N-dealkylation sites (N-methyl/N-ethyl adjacent to an activating group) is 1. The van der Waals surface area contributed by atoms with E-state index in [0.717, 1.165) is 12.8 Å². The van der Waals surface area contributed by atoms with Crippen molar-refractivity contribution >= 4 is 7.82 Å². The van der Waals surface area contributed by atoms with Gasteiger partial charge in [0.25, 0.3) is 7.82 Å². The highest BCUT2D eigenvalue weighted by atomic mass is 31.2. The van der Waals surface area contributed by atoms with Gasteiger partial charge in [-0.05, 0) is 6.42 Å². The normalized spacial score (nSPS) is 14.7. The summed E-state index contributed by atoms with van der Waals surface area (Å²) in [5, 5.41) is 0. The zero-order valence-electron chi connectivity index (χ0n) is 24.4. The fraction of sp³-hybridized carbons (Fsp3) is 1.00. The van der Waals surface area contributed by atoms with E-state index in [9.17, 15) is 9.46 Å². The number of ether oxygens (including phenoxy) is 1. The second kappa shape index (κ2) is 24.1. The molecule has 2 atom stereocenters. The molecule has 0 fully saturated rings. The van der Waals surface area contributed by atoms with Crippen molar-refractivity contribution in [1.29, 1.82) is 0 Å². The van der Waals surface area contributed by atoms with E-state index >= 15 is 0 Å². The number of quaternary nitrogens is 1. The fourth-order valence-electron chi connectivity index (χ4n) is 4.10. The third kappa shape index (κ3) is 27.0. The lowest BCUT2D eigenvalue weighted by molar-refractivity contribution is -0.870. The zero-order valence-corrected chi connectivity index (χ0v) is 25.2. The number of hydrogen-bond acceptors (Lipinski definition) is 6. The van der Waals surface area contributed by atoms with Crippen LogP contribution in [0.3, 0.4) is 0 Å². The monoisotopic (exact) mass is 536 g/mol. The van der Waals surface area contributed by atoms with Gasteiger partial charge in [0.1, 0.15) is 19.3 Å². The lowest BCUT2D eigenvalue weighted by atomic mass is 10.0. The number of hydrogen-bond donors (Lipinski definition) is 1. The summed E-state index contributed by atoms with van der Waals surface area (Å²) in [6.45, 7) is 3.77. The molecule has 0 amide bonds. The molecule has 0 saturated carbocycles. The summed E-state index contributed by atoms with van der Waals surface area (Å²) in [4.78, 5) is 12.0. The summed E-state index contributed by atoms with van der Waals surface area (Å²) in [7, 11) is 1.54. The van der Waals surface area contributed by atoms with Gasteiger partial charge in [-0.15, -0.1) is 0 Å². The second-order valence-corrected chi connectivity index (χ2v) is 12.7. The first kappa shape index (κ1) is 36.0. The average Bonchev–Trinajstić information content (AvgIpc) is 2.81. The van der Waals surface area contributed by atoms with E-state index in [1.54, 1.807) is 0 Å². The molecule has 0 aliphatic rings. The third-order valence-corrected chi connectivity index (χ3v) is 7.55. The molecular formula is C28H61N2O5P. The van der Waals surface area contributed by atoms with Crippen LogP contribution in [0.25, 0.3) is 0 Å². The highest BCUT2D eigenvalue weighted by Crippen LogP contribution is 2.39. The van der Waals surface area contributed by atoms with Gasteiger partial charge in [0.2, 0.25) is 0 Å². The second-order valence-electron chi connectivity index (χ2n) is 11.3. The first-order valence-electron chi connectivity index (χ1n) is 14.9. The van der Waals surface area contributed by atoms with Crippen LogP contribution in [0.4, 0.5) is 0 Å². The minimum atomic E-state index is -4.37. The van der Waals surface area contributed by atoms with Crippen LogP contribution in [-0.4, -0.2) is 64.6 Å². The predicted molar refractivity (Wildman–Crippen MR) is 150 cm³/mol. The topological polar surface area (TPSA) is 93.8 Å². The summed E-state index contributed by atoms with van der Waals surface area (Å²) in [6, 6.07) is 0. The van der Waals surface area contributed by atoms with E-state index < -0.39 is 13.9 Å². The first-order chi connectivity index (χ1) is 17.2. The number of nitrogens with zero attached hydrogens (tertiary/aromatic N) is 1. The van der Waals surface area contributed by atoms with Crippen LogP contribution in [0, 0.1) is 0 Å². The van der Waals surface area contributed by atoms with Crippen molar-refractivity contribution in [2.45, 2.75) is 129 Å².